The second-order valence-corrected chi connectivity index (χ2v) is 10.0. The fraction of sp³-hybridized carbons (Fsp3) is 0.281. The molecule has 0 fully saturated rings. The standard InChI is InChI=1S/C32H38N10O/c1-5-6-7-8-21-42(4)31(43)27-9-11-28(12-10-27)35-32-36-29(40-38-23(2)25-13-17-33-18-14-25)22-30(37-32)41-39-24(3)26-15-19-34-20-16-26/h9-20,22H,5-8,21H2,1-4H3,(H3,35,36,37,40,41). The molecule has 11 nitrogen and oxygen atoms in total. The normalized spacial score (nSPS) is 11.6. The monoisotopic (exact) mass is 578 g/mol. The van der Waals surface area contributed by atoms with Crippen LogP contribution in [-0.2, 0) is 0 Å². The Morgan fingerprint density at radius 3 is 1.79 bits per heavy atom. The Bertz CT molecular complexity index is 1450. The maximum absolute atomic E-state index is 12.9. The lowest BCUT2D eigenvalue weighted by Gasteiger charge is -2.17. The Balaban J connectivity index is 1.51. The zero-order chi connectivity index (χ0) is 30.4. The van der Waals surface area contributed by atoms with E-state index in [4.69, 9.17) is 0 Å². The highest BCUT2D eigenvalue weighted by Gasteiger charge is 2.12. The van der Waals surface area contributed by atoms with E-state index in [0.717, 1.165) is 47.6 Å². The first kappa shape index (κ1) is 30.8. The molecule has 3 N–H and O–H groups in total. The van der Waals surface area contributed by atoms with Crippen molar-refractivity contribution in [2.24, 2.45) is 10.2 Å². The minimum Gasteiger partial charge on any atom is -0.342 e. The average molecular weight is 579 g/mol. The van der Waals surface area contributed by atoms with E-state index in [-0.39, 0.29) is 5.91 Å². The number of rotatable bonds is 14. The molecule has 0 saturated carbocycles. The van der Waals surface area contributed by atoms with Gasteiger partial charge in [0.25, 0.3) is 5.91 Å². The predicted molar refractivity (Wildman–Crippen MR) is 173 cm³/mol. The summed E-state index contributed by atoms with van der Waals surface area (Å²) in [4.78, 5) is 31.9. The molecule has 3 heterocycles. The third-order valence-electron chi connectivity index (χ3n) is 6.68. The highest BCUT2D eigenvalue weighted by Crippen LogP contribution is 2.20. The highest BCUT2D eigenvalue weighted by molar-refractivity contribution is 5.99. The van der Waals surface area contributed by atoms with Crippen molar-refractivity contribution in [2.45, 2.75) is 46.5 Å². The summed E-state index contributed by atoms with van der Waals surface area (Å²) in [6.07, 6.45) is 11.4. The maximum atomic E-state index is 12.9. The molecule has 0 aliphatic heterocycles. The van der Waals surface area contributed by atoms with Crippen LogP contribution in [0.1, 0.15) is 67.9 Å². The number of nitrogens with zero attached hydrogens (tertiary/aromatic N) is 7. The number of hydrogen-bond acceptors (Lipinski definition) is 10. The first-order chi connectivity index (χ1) is 20.9. The zero-order valence-corrected chi connectivity index (χ0v) is 25.1. The van der Waals surface area contributed by atoms with Gasteiger partial charge in [0.15, 0.2) is 11.6 Å². The average Bonchev–Trinajstić information content (AvgIpc) is 3.05. The lowest BCUT2D eigenvalue weighted by molar-refractivity contribution is 0.0792. The molecule has 0 aliphatic carbocycles. The minimum atomic E-state index is 0.00170. The van der Waals surface area contributed by atoms with E-state index in [2.05, 4.69) is 53.2 Å². The van der Waals surface area contributed by atoms with Gasteiger partial charge in [0, 0.05) is 66.8 Å². The second-order valence-electron chi connectivity index (χ2n) is 10.0. The fourth-order valence-electron chi connectivity index (χ4n) is 4.14. The molecule has 0 saturated heterocycles. The van der Waals surface area contributed by atoms with Gasteiger partial charge in [0.05, 0.1) is 11.4 Å². The number of carbonyl (C=O) groups is 1. The summed E-state index contributed by atoms with van der Waals surface area (Å²) in [7, 11) is 1.85. The third-order valence-corrected chi connectivity index (χ3v) is 6.68. The number of anilines is 4. The Morgan fingerprint density at radius 2 is 1.28 bits per heavy atom. The topological polar surface area (TPSA) is 133 Å². The van der Waals surface area contributed by atoms with Gasteiger partial charge in [-0.2, -0.15) is 20.2 Å². The van der Waals surface area contributed by atoms with Crippen LogP contribution in [0.15, 0.2) is 89.6 Å². The maximum Gasteiger partial charge on any atom is 0.253 e. The Kier molecular flexibility index (Phi) is 11.2. The van der Waals surface area contributed by atoms with Crippen molar-refractivity contribution in [3.05, 3.63) is 96.1 Å². The molecular formula is C32H38N10O. The molecule has 4 rings (SSSR count). The lowest BCUT2D eigenvalue weighted by atomic mass is 10.1. The van der Waals surface area contributed by atoms with Crippen molar-refractivity contribution >= 4 is 40.6 Å². The van der Waals surface area contributed by atoms with Gasteiger partial charge in [-0.25, -0.2) is 0 Å². The molecule has 11 heteroatoms. The van der Waals surface area contributed by atoms with Crippen LogP contribution in [-0.4, -0.2) is 55.8 Å². The van der Waals surface area contributed by atoms with Crippen LogP contribution in [0.4, 0.5) is 23.3 Å². The van der Waals surface area contributed by atoms with E-state index >= 15 is 0 Å². The molecule has 1 amide bonds. The van der Waals surface area contributed by atoms with E-state index < -0.39 is 0 Å². The Morgan fingerprint density at radius 1 is 0.744 bits per heavy atom. The number of aromatic nitrogens is 4. The van der Waals surface area contributed by atoms with E-state index in [9.17, 15) is 4.79 Å². The molecule has 43 heavy (non-hydrogen) atoms. The molecule has 0 bridgehead atoms. The molecular weight excluding hydrogens is 540 g/mol. The zero-order valence-electron chi connectivity index (χ0n) is 25.1. The number of hydrazone groups is 2. The van der Waals surface area contributed by atoms with Crippen molar-refractivity contribution in [2.75, 3.05) is 29.8 Å². The van der Waals surface area contributed by atoms with Gasteiger partial charge < -0.3 is 10.2 Å². The second kappa shape index (κ2) is 15.7. The van der Waals surface area contributed by atoms with E-state index in [0.29, 0.717) is 23.1 Å². The number of hydrogen-bond donors (Lipinski definition) is 3. The van der Waals surface area contributed by atoms with Crippen molar-refractivity contribution in [1.29, 1.82) is 0 Å². The number of unbranched alkanes of at least 4 members (excludes halogenated alkanes) is 3. The van der Waals surface area contributed by atoms with E-state index in [1.54, 1.807) is 47.9 Å². The summed E-state index contributed by atoms with van der Waals surface area (Å²) in [5.41, 5.74) is 10.8. The van der Waals surface area contributed by atoms with Crippen molar-refractivity contribution in [3.63, 3.8) is 0 Å². The van der Waals surface area contributed by atoms with Crippen LogP contribution in [0, 0.1) is 0 Å². The first-order valence-electron chi connectivity index (χ1n) is 14.4. The third kappa shape index (κ3) is 9.42. The quantitative estimate of drug-likeness (QED) is 0.0898. The van der Waals surface area contributed by atoms with Crippen molar-refractivity contribution in [3.8, 4) is 0 Å². The summed E-state index contributed by atoms with van der Waals surface area (Å²) in [6.45, 7) is 6.72. The first-order valence-corrected chi connectivity index (χ1v) is 14.4. The lowest BCUT2D eigenvalue weighted by Crippen LogP contribution is -2.27. The number of nitrogens with one attached hydrogen (secondary N) is 3. The van der Waals surface area contributed by atoms with Crippen LogP contribution in [0.3, 0.4) is 0 Å². The SMILES string of the molecule is CCCCCCN(C)C(=O)c1ccc(Nc2nc(NN=C(C)c3ccncc3)cc(NN=C(C)c3ccncc3)n2)cc1. The number of carbonyl (C=O) groups excluding carboxylic acids is 1. The van der Waals surface area contributed by atoms with Gasteiger partial charge in [-0.3, -0.25) is 25.6 Å². The molecule has 0 unspecified atom stereocenters. The van der Waals surface area contributed by atoms with E-state index in [1.807, 2.05) is 57.3 Å². The summed E-state index contributed by atoms with van der Waals surface area (Å²) >= 11 is 0. The van der Waals surface area contributed by atoms with Gasteiger partial charge in [0.1, 0.15) is 0 Å². The van der Waals surface area contributed by atoms with Gasteiger partial charge in [-0.1, -0.05) is 26.2 Å². The van der Waals surface area contributed by atoms with Crippen LogP contribution in [0.5, 0.6) is 0 Å². The number of benzene rings is 1. The summed E-state index contributed by atoms with van der Waals surface area (Å²) < 4.78 is 0. The van der Waals surface area contributed by atoms with Gasteiger partial charge in [-0.15, -0.1) is 0 Å². The van der Waals surface area contributed by atoms with Crippen molar-refractivity contribution in [1.82, 2.24) is 24.8 Å². The van der Waals surface area contributed by atoms with Crippen LogP contribution >= 0.6 is 0 Å². The smallest absolute Gasteiger partial charge is 0.253 e. The fourth-order valence-corrected chi connectivity index (χ4v) is 4.14. The molecule has 0 radical (unpaired) electrons. The van der Waals surface area contributed by atoms with Crippen molar-refractivity contribution < 1.29 is 4.79 Å². The van der Waals surface area contributed by atoms with Gasteiger partial charge in [0.2, 0.25) is 5.95 Å². The molecule has 0 spiro atoms. The number of amides is 1. The molecule has 0 atom stereocenters. The van der Waals surface area contributed by atoms with Crippen LogP contribution < -0.4 is 16.2 Å². The molecule has 0 aliphatic rings. The van der Waals surface area contributed by atoms with Gasteiger partial charge in [-0.05, 0) is 68.8 Å². The van der Waals surface area contributed by atoms with E-state index in [1.165, 1.54) is 12.8 Å². The summed E-state index contributed by atoms with van der Waals surface area (Å²) in [5, 5.41) is 12.2. The summed E-state index contributed by atoms with van der Waals surface area (Å²) in [6, 6.07) is 16.5. The molecule has 1 aromatic carbocycles. The molecule has 222 valence electrons. The number of pyridine rings is 2. The molecule has 3 aromatic heterocycles. The van der Waals surface area contributed by atoms with Crippen LogP contribution in [0.25, 0.3) is 0 Å². The largest absolute Gasteiger partial charge is 0.342 e. The Hall–Kier alpha value is -5.19. The summed E-state index contributed by atoms with van der Waals surface area (Å²) in [5.74, 6) is 1.25. The Labute approximate surface area is 252 Å². The molecule has 4 aromatic rings. The highest BCUT2D eigenvalue weighted by atomic mass is 16.2. The minimum absolute atomic E-state index is 0.00170. The van der Waals surface area contributed by atoms with Gasteiger partial charge >= 0.3 is 0 Å². The van der Waals surface area contributed by atoms with Crippen LogP contribution in [0.2, 0.25) is 0 Å². The predicted octanol–water partition coefficient (Wildman–Crippen LogP) is 6.33.